The molecule has 1 amide bonds. The summed E-state index contributed by atoms with van der Waals surface area (Å²) < 4.78 is 10.3. The Hall–Kier alpha value is -2.82. The lowest BCUT2D eigenvalue weighted by molar-refractivity contribution is 0.000230. The number of hydrogen-bond donors (Lipinski definition) is 0. The maximum absolute atomic E-state index is 12.5. The largest absolute Gasteiger partial charge is 0.465 e. The van der Waals surface area contributed by atoms with E-state index >= 15 is 0 Å². The number of nitrogens with zero attached hydrogens (tertiary/aromatic N) is 4. The highest BCUT2D eigenvalue weighted by Crippen LogP contribution is 2.28. The van der Waals surface area contributed by atoms with Crippen LogP contribution < -0.4 is 4.90 Å². The zero-order chi connectivity index (χ0) is 22.4. The lowest BCUT2D eigenvalue weighted by atomic mass is 9.99. The molecule has 160 valence electrons. The fourth-order valence-corrected chi connectivity index (χ4v) is 3.01. The van der Waals surface area contributed by atoms with Crippen LogP contribution in [0, 0.1) is 11.3 Å². The molecule has 29 heavy (non-hydrogen) atoms. The minimum Gasteiger partial charge on any atom is -0.465 e. The summed E-state index contributed by atoms with van der Waals surface area (Å²) >= 11 is 0. The molecule has 2 heterocycles. The van der Waals surface area contributed by atoms with Gasteiger partial charge in [-0.25, -0.2) is 14.6 Å². The summed E-state index contributed by atoms with van der Waals surface area (Å²) in [5.41, 5.74) is -0.633. The van der Waals surface area contributed by atoms with Crippen molar-refractivity contribution in [3.05, 3.63) is 23.4 Å². The third-order valence-electron chi connectivity index (χ3n) is 4.21. The Labute approximate surface area is 173 Å². The zero-order valence-corrected chi connectivity index (χ0v) is 18.7. The molecule has 0 unspecified atom stereocenters. The van der Waals surface area contributed by atoms with Crippen molar-refractivity contribution >= 4 is 17.9 Å². The standard InChI is InChI=1S/C19H26N4O4.C2H6/c1-18(2,3)27-17(25)23-10-9-22(12-19(23,4)5)15-14(16(24)26-6)8-7-13(11-20)21-15;1-2/h7-8H,9-10,12H2,1-6H3;1-2H3. The van der Waals surface area contributed by atoms with Crippen molar-refractivity contribution in [1.82, 2.24) is 9.88 Å². The molecule has 1 aromatic rings. The number of amides is 1. The van der Waals surface area contributed by atoms with E-state index in [0.29, 0.717) is 25.5 Å². The van der Waals surface area contributed by atoms with Crippen molar-refractivity contribution in [3.8, 4) is 6.07 Å². The topological polar surface area (TPSA) is 95.8 Å². The third kappa shape index (κ3) is 6.08. The minimum absolute atomic E-state index is 0.213. The minimum atomic E-state index is -0.578. The molecule has 8 heteroatoms. The van der Waals surface area contributed by atoms with Crippen molar-refractivity contribution in [2.75, 3.05) is 31.6 Å². The first kappa shape index (κ1) is 24.2. The number of piperazine rings is 1. The first-order valence-electron chi connectivity index (χ1n) is 9.73. The Morgan fingerprint density at radius 3 is 2.31 bits per heavy atom. The molecule has 8 nitrogen and oxygen atoms in total. The van der Waals surface area contributed by atoms with E-state index in [1.807, 2.05) is 59.4 Å². The first-order chi connectivity index (χ1) is 13.5. The molecule has 0 atom stereocenters. The maximum atomic E-state index is 12.5. The SMILES string of the molecule is CC.COC(=O)c1ccc(C#N)nc1N1CCN(C(=O)OC(C)(C)C)C(C)(C)C1. The summed E-state index contributed by atoms with van der Waals surface area (Å²) in [6.07, 6.45) is -0.376. The zero-order valence-electron chi connectivity index (χ0n) is 18.7. The van der Waals surface area contributed by atoms with Crippen molar-refractivity contribution in [2.45, 2.75) is 59.6 Å². The number of carbonyl (C=O) groups excluding carboxylic acids is 2. The van der Waals surface area contributed by atoms with Gasteiger partial charge in [-0.1, -0.05) is 13.8 Å². The molecule has 0 aromatic carbocycles. The van der Waals surface area contributed by atoms with Gasteiger partial charge in [-0.05, 0) is 46.8 Å². The number of esters is 1. The highest BCUT2D eigenvalue weighted by Gasteiger charge is 2.40. The van der Waals surface area contributed by atoms with Gasteiger partial charge in [0.05, 0.1) is 12.6 Å². The Morgan fingerprint density at radius 1 is 1.21 bits per heavy atom. The number of anilines is 1. The Balaban J connectivity index is 0.00000204. The number of aromatic nitrogens is 1. The van der Waals surface area contributed by atoms with Gasteiger partial charge in [-0.3, -0.25) is 4.90 Å². The van der Waals surface area contributed by atoms with E-state index in [1.54, 1.807) is 11.0 Å². The van der Waals surface area contributed by atoms with Crippen LogP contribution in [0.25, 0.3) is 0 Å². The summed E-state index contributed by atoms with van der Waals surface area (Å²) in [5.74, 6) is -0.132. The van der Waals surface area contributed by atoms with E-state index in [1.165, 1.54) is 13.2 Å². The molecule has 1 fully saturated rings. The van der Waals surface area contributed by atoms with Crippen LogP contribution in [0.1, 0.15) is 64.5 Å². The molecule has 0 aliphatic carbocycles. The van der Waals surface area contributed by atoms with Crippen molar-refractivity contribution in [1.29, 1.82) is 5.26 Å². The molecular formula is C21H32N4O4. The number of rotatable bonds is 2. The second-order valence-corrected chi connectivity index (χ2v) is 8.04. The van der Waals surface area contributed by atoms with E-state index in [2.05, 4.69) is 4.98 Å². The van der Waals surface area contributed by atoms with Gasteiger partial charge in [-0.2, -0.15) is 5.26 Å². The molecule has 0 saturated carbocycles. The van der Waals surface area contributed by atoms with Crippen LogP contribution in [0.4, 0.5) is 10.6 Å². The Bertz CT molecular complexity index is 778. The smallest absolute Gasteiger partial charge is 0.410 e. The normalized spacial score (nSPS) is 15.6. The van der Waals surface area contributed by atoms with Gasteiger partial charge in [0, 0.05) is 19.6 Å². The van der Waals surface area contributed by atoms with Gasteiger partial charge in [0.1, 0.15) is 28.7 Å². The predicted octanol–water partition coefficient (Wildman–Crippen LogP) is 3.60. The van der Waals surface area contributed by atoms with Crippen molar-refractivity contribution in [3.63, 3.8) is 0 Å². The third-order valence-corrected chi connectivity index (χ3v) is 4.21. The highest BCUT2D eigenvalue weighted by atomic mass is 16.6. The summed E-state index contributed by atoms with van der Waals surface area (Å²) in [4.78, 5) is 32.5. The van der Waals surface area contributed by atoms with Crippen LogP contribution >= 0.6 is 0 Å². The quantitative estimate of drug-likeness (QED) is 0.695. The van der Waals surface area contributed by atoms with Gasteiger partial charge in [0.25, 0.3) is 0 Å². The van der Waals surface area contributed by atoms with Crippen LogP contribution in [0.3, 0.4) is 0 Å². The van der Waals surface area contributed by atoms with Gasteiger partial charge >= 0.3 is 12.1 Å². The summed E-state index contributed by atoms with van der Waals surface area (Å²) in [5, 5.41) is 9.16. The molecule has 0 N–H and O–H groups in total. The van der Waals surface area contributed by atoms with E-state index in [-0.39, 0.29) is 17.4 Å². The van der Waals surface area contributed by atoms with Gasteiger partial charge in [0.2, 0.25) is 0 Å². The van der Waals surface area contributed by atoms with E-state index in [0.717, 1.165) is 0 Å². The number of ether oxygens (including phenoxy) is 2. The van der Waals surface area contributed by atoms with Crippen molar-refractivity contribution in [2.24, 2.45) is 0 Å². The van der Waals surface area contributed by atoms with E-state index in [9.17, 15) is 9.59 Å². The van der Waals surface area contributed by atoms with Crippen molar-refractivity contribution < 1.29 is 19.1 Å². The fourth-order valence-electron chi connectivity index (χ4n) is 3.01. The van der Waals surface area contributed by atoms with Crippen LogP contribution in [0.2, 0.25) is 0 Å². The van der Waals surface area contributed by atoms with Gasteiger partial charge < -0.3 is 14.4 Å². The van der Waals surface area contributed by atoms with Gasteiger partial charge in [-0.15, -0.1) is 0 Å². The first-order valence-corrected chi connectivity index (χ1v) is 9.73. The number of nitriles is 1. The maximum Gasteiger partial charge on any atom is 0.410 e. The molecule has 1 saturated heterocycles. The monoisotopic (exact) mass is 404 g/mol. The van der Waals surface area contributed by atoms with Crippen LogP contribution in [0.5, 0.6) is 0 Å². The van der Waals surface area contributed by atoms with E-state index in [4.69, 9.17) is 14.7 Å². The molecule has 1 aliphatic heterocycles. The second-order valence-electron chi connectivity index (χ2n) is 8.04. The number of hydrogen-bond acceptors (Lipinski definition) is 7. The van der Waals surface area contributed by atoms with Gasteiger partial charge in [0.15, 0.2) is 0 Å². The average molecular weight is 405 g/mol. The molecule has 2 rings (SSSR count). The number of carbonyl (C=O) groups is 2. The molecular weight excluding hydrogens is 372 g/mol. The molecule has 0 spiro atoms. The Morgan fingerprint density at radius 2 is 1.83 bits per heavy atom. The summed E-state index contributed by atoms with van der Waals surface area (Å²) in [6, 6.07) is 5.02. The molecule has 0 radical (unpaired) electrons. The molecule has 1 aromatic heterocycles. The summed E-state index contributed by atoms with van der Waals surface area (Å²) in [7, 11) is 1.30. The highest BCUT2D eigenvalue weighted by molar-refractivity contribution is 5.95. The predicted molar refractivity (Wildman–Crippen MR) is 111 cm³/mol. The lowest BCUT2D eigenvalue weighted by Crippen LogP contribution is -2.62. The van der Waals surface area contributed by atoms with E-state index < -0.39 is 17.1 Å². The van der Waals surface area contributed by atoms with Crippen LogP contribution in [-0.4, -0.2) is 59.8 Å². The second kappa shape index (κ2) is 9.59. The number of pyridine rings is 1. The molecule has 1 aliphatic rings. The fraction of sp³-hybridized carbons (Fsp3) is 0.619. The average Bonchev–Trinajstić information content (AvgIpc) is 2.66. The number of methoxy groups -OCH3 is 1. The van der Waals surface area contributed by atoms with Crippen LogP contribution in [-0.2, 0) is 9.47 Å². The molecule has 0 bridgehead atoms. The Kier molecular flexibility index (Phi) is 8.01. The summed E-state index contributed by atoms with van der Waals surface area (Å²) in [6.45, 7) is 14.6. The van der Waals surface area contributed by atoms with Crippen LogP contribution in [0.15, 0.2) is 12.1 Å². The lowest BCUT2D eigenvalue weighted by Gasteiger charge is -2.47.